The molecule has 0 bridgehead atoms. The van der Waals surface area contributed by atoms with Gasteiger partial charge in [-0.1, -0.05) is 83.4 Å². The van der Waals surface area contributed by atoms with Gasteiger partial charge in [0.1, 0.15) is 5.82 Å². The topological polar surface area (TPSA) is 46.9 Å². The number of carbonyl (C=O) groups excluding carboxylic acids is 1. The van der Waals surface area contributed by atoms with Gasteiger partial charge in [0.25, 0.3) is 0 Å². The molecule has 0 radical (unpaired) electrons. The Labute approximate surface area is 170 Å². The quantitative estimate of drug-likeness (QED) is 0.312. The zero-order chi connectivity index (χ0) is 20.0. The second kappa shape index (κ2) is 13.1. The molecule has 28 heavy (non-hydrogen) atoms. The van der Waals surface area contributed by atoms with Crippen molar-refractivity contribution in [3.63, 3.8) is 0 Å². The van der Waals surface area contributed by atoms with Crippen LogP contribution in [0, 0.1) is 0 Å². The van der Waals surface area contributed by atoms with Crippen LogP contribution < -0.4 is 5.32 Å². The zero-order valence-corrected chi connectivity index (χ0v) is 17.6. The number of fused-ring (bicyclic) bond motifs is 1. The lowest BCUT2D eigenvalue weighted by Gasteiger charge is -2.10. The van der Waals surface area contributed by atoms with Crippen LogP contribution in [-0.4, -0.2) is 22.0 Å². The first-order chi connectivity index (χ1) is 13.8. The highest BCUT2D eigenvalue weighted by Crippen LogP contribution is 2.18. The predicted octanol–water partition coefficient (Wildman–Crippen LogP) is 5.80. The SMILES string of the molecule is C=CC(=O)NCCc1nc2ccccc2n1CCCCCCCCCCCC. The second-order valence-corrected chi connectivity index (χ2v) is 7.60. The summed E-state index contributed by atoms with van der Waals surface area (Å²) in [4.78, 5) is 16.2. The van der Waals surface area contributed by atoms with E-state index in [2.05, 4.69) is 41.6 Å². The molecule has 2 aromatic rings. The standard InChI is InChI=1S/C24H37N3O/c1-3-5-6-7-8-9-10-11-12-15-20-27-22-17-14-13-16-21(22)26-23(27)18-19-25-24(28)4-2/h4,13-14,16-17H,2-3,5-12,15,18-20H2,1H3,(H,25,28). The number of benzene rings is 1. The third-order valence-electron chi connectivity index (χ3n) is 5.30. The molecule has 0 aliphatic carbocycles. The number of aromatic nitrogens is 2. The summed E-state index contributed by atoms with van der Waals surface area (Å²) in [7, 11) is 0. The van der Waals surface area contributed by atoms with Crippen LogP contribution in [-0.2, 0) is 17.8 Å². The lowest BCUT2D eigenvalue weighted by Crippen LogP contribution is -2.24. The van der Waals surface area contributed by atoms with Gasteiger partial charge >= 0.3 is 0 Å². The number of nitrogens with one attached hydrogen (secondary N) is 1. The molecule has 0 unspecified atom stereocenters. The summed E-state index contributed by atoms with van der Waals surface area (Å²) in [5.74, 6) is 0.929. The van der Waals surface area contributed by atoms with Crippen molar-refractivity contribution in [1.29, 1.82) is 0 Å². The molecule has 2 rings (SSSR count). The van der Waals surface area contributed by atoms with Gasteiger partial charge < -0.3 is 9.88 Å². The number of imidazole rings is 1. The maximum Gasteiger partial charge on any atom is 0.243 e. The number of amides is 1. The Kier molecular flexibility index (Phi) is 10.4. The molecule has 0 spiro atoms. The van der Waals surface area contributed by atoms with Crippen LogP contribution in [0.1, 0.15) is 77.0 Å². The average molecular weight is 384 g/mol. The summed E-state index contributed by atoms with van der Waals surface area (Å²) in [5, 5.41) is 2.85. The molecule has 154 valence electrons. The largest absolute Gasteiger partial charge is 0.352 e. The molecular weight excluding hydrogens is 346 g/mol. The molecule has 1 amide bonds. The van der Waals surface area contributed by atoms with E-state index >= 15 is 0 Å². The van der Waals surface area contributed by atoms with E-state index in [0.717, 1.165) is 24.3 Å². The van der Waals surface area contributed by atoms with Crippen LogP contribution in [0.15, 0.2) is 36.9 Å². The van der Waals surface area contributed by atoms with Gasteiger partial charge in [-0.25, -0.2) is 4.98 Å². The Morgan fingerprint density at radius 1 is 1.04 bits per heavy atom. The van der Waals surface area contributed by atoms with Gasteiger partial charge in [0.05, 0.1) is 11.0 Å². The van der Waals surface area contributed by atoms with Gasteiger partial charge in [0.2, 0.25) is 5.91 Å². The summed E-state index contributed by atoms with van der Waals surface area (Å²) in [6.07, 6.45) is 15.5. The Hall–Kier alpha value is -2.10. The molecule has 0 saturated carbocycles. The van der Waals surface area contributed by atoms with Gasteiger partial charge in [-0.2, -0.15) is 0 Å². The normalized spacial score (nSPS) is 11.0. The lowest BCUT2D eigenvalue weighted by atomic mass is 10.1. The molecule has 1 N–H and O–H groups in total. The third-order valence-corrected chi connectivity index (χ3v) is 5.30. The highest BCUT2D eigenvalue weighted by molar-refractivity contribution is 5.86. The third kappa shape index (κ3) is 7.49. The molecule has 0 aliphatic rings. The van der Waals surface area contributed by atoms with E-state index in [-0.39, 0.29) is 5.91 Å². The van der Waals surface area contributed by atoms with Crippen LogP contribution in [0.3, 0.4) is 0 Å². The van der Waals surface area contributed by atoms with Crippen molar-refractivity contribution in [3.05, 3.63) is 42.7 Å². The molecule has 0 fully saturated rings. The summed E-state index contributed by atoms with van der Waals surface area (Å²) < 4.78 is 2.33. The Bertz CT molecular complexity index is 720. The van der Waals surface area contributed by atoms with E-state index < -0.39 is 0 Å². The van der Waals surface area contributed by atoms with Crippen molar-refractivity contribution < 1.29 is 4.79 Å². The van der Waals surface area contributed by atoms with E-state index in [9.17, 15) is 4.79 Å². The highest BCUT2D eigenvalue weighted by Gasteiger charge is 2.10. The number of para-hydroxylation sites is 2. The molecular formula is C24H37N3O. The lowest BCUT2D eigenvalue weighted by molar-refractivity contribution is -0.116. The van der Waals surface area contributed by atoms with Crippen molar-refractivity contribution in [2.45, 2.75) is 84.1 Å². The van der Waals surface area contributed by atoms with Gasteiger partial charge in [0.15, 0.2) is 0 Å². The number of unbranched alkanes of at least 4 members (excludes halogenated alkanes) is 9. The number of nitrogens with zero attached hydrogens (tertiary/aromatic N) is 2. The van der Waals surface area contributed by atoms with Crippen molar-refractivity contribution in [2.24, 2.45) is 0 Å². The maximum atomic E-state index is 11.4. The predicted molar refractivity (Wildman–Crippen MR) is 118 cm³/mol. The number of hydrogen-bond acceptors (Lipinski definition) is 2. The number of rotatable bonds is 15. The summed E-state index contributed by atoms with van der Waals surface area (Å²) in [6.45, 7) is 7.36. The minimum absolute atomic E-state index is 0.127. The molecule has 1 aromatic carbocycles. The molecule has 4 heteroatoms. The molecule has 4 nitrogen and oxygen atoms in total. The fraction of sp³-hybridized carbons (Fsp3) is 0.583. The molecule has 0 atom stereocenters. The van der Waals surface area contributed by atoms with E-state index in [0.29, 0.717) is 6.54 Å². The molecule has 0 aliphatic heterocycles. The summed E-state index contributed by atoms with van der Waals surface area (Å²) >= 11 is 0. The smallest absolute Gasteiger partial charge is 0.243 e. The van der Waals surface area contributed by atoms with Crippen LogP contribution >= 0.6 is 0 Å². The Balaban J connectivity index is 1.76. The fourth-order valence-electron chi connectivity index (χ4n) is 3.69. The van der Waals surface area contributed by atoms with E-state index in [1.807, 2.05) is 6.07 Å². The van der Waals surface area contributed by atoms with E-state index in [1.54, 1.807) is 0 Å². The monoisotopic (exact) mass is 383 g/mol. The fourth-order valence-corrected chi connectivity index (χ4v) is 3.69. The van der Waals surface area contributed by atoms with Gasteiger partial charge in [-0.05, 0) is 24.6 Å². The zero-order valence-electron chi connectivity index (χ0n) is 17.6. The van der Waals surface area contributed by atoms with Gasteiger partial charge in [-0.3, -0.25) is 4.79 Å². The number of carbonyl (C=O) groups is 1. The molecule has 0 saturated heterocycles. The first kappa shape index (κ1) is 22.2. The van der Waals surface area contributed by atoms with Crippen LogP contribution in [0.4, 0.5) is 0 Å². The van der Waals surface area contributed by atoms with Crippen LogP contribution in [0.2, 0.25) is 0 Å². The minimum Gasteiger partial charge on any atom is -0.352 e. The van der Waals surface area contributed by atoms with Crippen molar-refractivity contribution in [3.8, 4) is 0 Å². The first-order valence-electron chi connectivity index (χ1n) is 11.1. The summed E-state index contributed by atoms with van der Waals surface area (Å²) in [5.41, 5.74) is 2.24. The van der Waals surface area contributed by atoms with Gasteiger partial charge in [-0.15, -0.1) is 0 Å². The van der Waals surface area contributed by atoms with Gasteiger partial charge in [0, 0.05) is 19.5 Å². The second-order valence-electron chi connectivity index (χ2n) is 7.60. The van der Waals surface area contributed by atoms with E-state index in [1.165, 1.54) is 75.8 Å². The average Bonchev–Trinajstić information content (AvgIpc) is 3.06. The Morgan fingerprint density at radius 3 is 2.36 bits per heavy atom. The van der Waals surface area contributed by atoms with E-state index in [4.69, 9.17) is 4.98 Å². The summed E-state index contributed by atoms with van der Waals surface area (Å²) in [6, 6.07) is 8.31. The van der Waals surface area contributed by atoms with Crippen molar-refractivity contribution in [1.82, 2.24) is 14.9 Å². The van der Waals surface area contributed by atoms with Crippen LogP contribution in [0.25, 0.3) is 11.0 Å². The minimum atomic E-state index is -0.127. The first-order valence-corrected chi connectivity index (χ1v) is 11.1. The van der Waals surface area contributed by atoms with Crippen LogP contribution in [0.5, 0.6) is 0 Å². The number of aryl methyl sites for hydroxylation is 1. The maximum absolute atomic E-state index is 11.4. The molecule has 1 heterocycles. The van der Waals surface area contributed by atoms with Crippen molar-refractivity contribution in [2.75, 3.05) is 6.54 Å². The Morgan fingerprint density at radius 2 is 1.68 bits per heavy atom. The molecule has 1 aromatic heterocycles. The van der Waals surface area contributed by atoms with Crippen molar-refractivity contribution >= 4 is 16.9 Å². The number of hydrogen-bond donors (Lipinski definition) is 1. The highest BCUT2D eigenvalue weighted by atomic mass is 16.1.